The van der Waals surface area contributed by atoms with Gasteiger partial charge in [0, 0.05) is 11.3 Å². The Labute approximate surface area is 143 Å². The first-order chi connectivity index (χ1) is 11.3. The molecule has 0 aliphatic heterocycles. The Hall–Kier alpha value is -2.62. The van der Waals surface area contributed by atoms with Crippen molar-refractivity contribution in [1.82, 2.24) is 0 Å². The Morgan fingerprint density at radius 2 is 1.62 bits per heavy atom. The van der Waals surface area contributed by atoms with Gasteiger partial charge in [0.15, 0.2) is 0 Å². The van der Waals surface area contributed by atoms with Gasteiger partial charge >= 0.3 is 6.09 Å². The molecule has 0 spiro atoms. The number of aryl methyl sites for hydroxylation is 1. The van der Waals surface area contributed by atoms with Crippen LogP contribution in [0.15, 0.2) is 48.5 Å². The number of amides is 1. The van der Waals surface area contributed by atoms with E-state index < -0.39 is 11.7 Å². The first-order valence-electron chi connectivity index (χ1n) is 7.90. The maximum absolute atomic E-state index is 12.6. The van der Waals surface area contributed by atoms with Crippen molar-refractivity contribution in [3.05, 3.63) is 65.2 Å². The molecule has 0 N–H and O–H groups in total. The number of hydrogen-bond donors (Lipinski definition) is 0. The number of anilines is 1. The van der Waals surface area contributed by atoms with E-state index in [1.54, 1.807) is 29.2 Å². The molecule has 24 heavy (non-hydrogen) atoms. The van der Waals surface area contributed by atoms with E-state index >= 15 is 0 Å². The van der Waals surface area contributed by atoms with Crippen LogP contribution in [0.5, 0.6) is 0 Å². The van der Waals surface area contributed by atoms with Gasteiger partial charge in [0.25, 0.3) is 0 Å². The molecule has 1 amide bonds. The molecule has 126 valence electrons. The molecule has 0 unspecified atom stereocenters. The number of ether oxygens (including phenoxy) is 1. The molecular formula is C20H23NO3. The smallest absolute Gasteiger partial charge is 0.415 e. The van der Waals surface area contributed by atoms with E-state index in [4.69, 9.17) is 4.74 Å². The maximum Gasteiger partial charge on any atom is 0.415 e. The highest BCUT2D eigenvalue weighted by Gasteiger charge is 2.23. The molecule has 0 aliphatic carbocycles. The highest BCUT2D eigenvalue weighted by atomic mass is 16.6. The van der Waals surface area contributed by atoms with Crippen molar-refractivity contribution in [2.45, 2.75) is 39.8 Å². The molecule has 0 saturated carbocycles. The third kappa shape index (κ3) is 4.95. The molecule has 0 fully saturated rings. The SMILES string of the molecule is Cc1ccc(CN(C(=O)OC(C)(C)C)c2ccc(C=O)cc2)cc1. The summed E-state index contributed by atoms with van der Waals surface area (Å²) >= 11 is 0. The van der Waals surface area contributed by atoms with Crippen molar-refractivity contribution >= 4 is 18.1 Å². The minimum Gasteiger partial charge on any atom is -0.443 e. The summed E-state index contributed by atoms with van der Waals surface area (Å²) in [5.74, 6) is 0. The summed E-state index contributed by atoms with van der Waals surface area (Å²) in [5.41, 5.74) is 2.85. The largest absolute Gasteiger partial charge is 0.443 e. The number of benzene rings is 2. The van der Waals surface area contributed by atoms with Crippen LogP contribution in [0, 0.1) is 6.92 Å². The fraction of sp³-hybridized carbons (Fsp3) is 0.300. The Balaban J connectivity index is 2.30. The molecule has 2 aromatic carbocycles. The lowest BCUT2D eigenvalue weighted by atomic mass is 10.1. The number of nitrogens with zero attached hydrogens (tertiary/aromatic N) is 1. The van der Waals surface area contributed by atoms with E-state index in [9.17, 15) is 9.59 Å². The van der Waals surface area contributed by atoms with Gasteiger partial charge in [-0.1, -0.05) is 29.8 Å². The fourth-order valence-corrected chi connectivity index (χ4v) is 2.19. The van der Waals surface area contributed by atoms with Gasteiger partial charge in [0.1, 0.15) is 11.9 Å². The Kier molecular flexibility index (Phi) is 5.39. The summed E-state index contributed by atoms with van der Waals surface area (Å²) in [6.07, 6.45) is 0.364. The lowest BCUT2D eigenvalue weighted by Gasteiger charge is -2.27. The lowest BCUT2D eigenvalue weighted by Crippen LogP contribution is -2.36. The molecule has 4 heteroatoms. The average Bonchev–Trinajstić information content (AvgIpc) is 2.53. The first kappa shape index (κ1) is 17.7. The molecule has 4 nitrogen and oxygen atoms in total. The van der Waals surface area contributed by atoms with Crippen LogP contribution in [0.4, 0.5) is 10.5 Å². The van der Waals surface area contributed by atoms with Crippen molar-refractivity contribution in [2.75, 3.05) is 4.90 Å². The fourth-order valence-electron chi connectivity index (χ4n) is 2.19. The van der Waals surface area contributed by atoms with Crippen LogP contribution in [0.2, 0.25) is 0 Å². The lowest BCUT2D eigenvalue weighted by molar-refractivity contribution is 0.0577. The summed E-state index contributed by atoms with van der Waals surface area (Å²) < 4.78 is 5.52. The molecule has 0 heterocycles. The normalized spacial score (nSPS) is 11.0. The van der Waals surface area contributed by atoms with Gasteiger partial charge in [0.2, 0.25) is 0 Å². The van der Waals surface area contributed by atoms with E-state index in [-0.39, 0.29) is 0 Å². The van der Waals surface area contributed by atoms with Gasteiger partial charge in [-0.05, 0) is 57.5 Å². The van der Waals surface area contributed by atoms with Gasteiger partial charge in [-0.2, -0.15) is 0 Å². The van der Waals surface area contributed by atoms with Crippen LogP contribution in [0.3, 0.4) is 0 Å². The first-order valence-corrected chi connectivity index (χ1v) is 7.90. The number of aldehydes is 1. The molecule has 0 saturated heterocycles. The van der Waals surface area contributed by atoms with Crippen LogP contribution in [-0.2, 0) is 11.3 Å². The van der Waals surface area contributed by atoms with Crippen LogP contribution >= 0.6 is 0 Å². The second kappa shape index (κ2) is 7.30. The molecule has 0 aromatic heterocycles. The minimum atomic E-state index is -0.578. The summed E-state index contributed by atoms with van der Waals surface area (Å²) in [6.45, 7) is 7.93. The van der Waals surface area contributed by atoms with Crippen molar-refractivity contribution in [3.8, 4) is 0 Å². The quantitative estimate of drug-likeness (QED) is 0.762. The highest BCUT2D eigenvalue weighted by molar-refractivity contribution is 5.88. The standard InChI is InChI=1S/C20H23NO3/c1-15-5-7-16(8-6-15)13-21(19(23)24-20(2,3)4)18-11-9-17(14-22)10-12-18/h5-12,14H,13H2,1-4H3. The van der Waals surface area contributed by atoms with Crippen LogP contribution in [-0.4, -0.2) is 18.0 Å². The van der Waals surface area contributed by atoms with Crippen LogP contribution in [0.25, 0.3) is 0 Å². The second-order valence-corrected chi connectivity index (χ2v) is 6.76. The topological polar surface area (TPSA) is 46.6 Å². The third-order valence-electron chi connectivity index (χ3n) is 3.42. The Morgan fingerprint density at radius 3 is 2.12 bits per heavy atom. The molecular weight excluding hydrogens is 302 g/mol. The third-order valence-corrected chi connectivity index (χ3v) is 3.42. The van der Waals surface area contributed by atoms with Crippen molar-refractivity contribution < 1.29 is 14.3 Å². The van der Waals surface area contributed by atoms with Gasteiger partial charge in [-0.15, -0.1) is 0 Å². The Bertz CT molecular complexity index is 697. The highest BCUT2D eigenvalue weighted by Crippen LogP contribution is 2.21. The van der Waals surface area contributed by atoms with E-state index in [1.807, 2.05) is 52.0 Å². The van der Waals surface area contributed by atoms with E-state index in [1.165, 1.54) is 0 Å². The van der Waals surface area contributed by atoms with Gasteiger partial charge in [-0.3, -0.25) is 9.69 Å². The van der Waals surface area contributed by atoms with E-state index in [0.717, 1.165) is 17.4 Å². The number of carbonyl (C=O) groups is 2. The van der Waals surface area contributed by atoms with Gasteiger partial charge < -0.3 is 4.74 Å². The molecule has 0 bridgehead atoms. The predicted octanol–water partition coefficient (Wildman–Crippen LogP) is 4.75. The summed E-state index contributed by atoms with van der Waals surface area (Å²) in [6, 6.07) is 14.9. The predicted molar refractivity (Wildman–Crippen MR) is 95.4 cm³/mol. The average molecular weight is 325 g/mol. The van der Waals surface area contributed by atoms with E-state index in [0.29, 0.717) is 17.8 Å². The zero-order valence-electron chi connectivity index (χ0n) is 14.6. The van der Waals surface area contributed by atoms with Crippen molar-refractivity contribution in [2.24, 2.45) is 0 Å². The second-order valence-electron chi connectivity index (χ2n) is 6.76. The number of hydrogen-bond acceptors (Lipinski definition) is 3. The van der Waals surface area contributed by atoms with E-state index in [2.05, 4.69) is 0 Å². The van der Waals surface area contributed by atoms with Gasteiger partial charge in [-0.25, -0.2) is 4.79 Å². The monoisotopic (exact) mass is 325 g/mol. The zero-order chi connectivity index (χ0) is 17.7. The van der Waals surface area contributed by atoms with Crippen molar-refractivity contribution in [3.63, 3.8) is 0 Å². The molecule has 0 radical (unpaired) electrons. The van der Waals surface area contributed by atoms with Gasteiger partial charge in [0.05, 0.1) is 6.54 Å². The minimum absolute atomic E-state index is 0.398. The summed E-state index contributed by atoms with van der Waals surface area (Å²) in [4.78, 5) is 25.0. The summed E-state index contributed by atoms with van der Waals surface area (Å²) in [5, 5.41) is 0. The number of carbonyl (C=O) groups excluding carboxylic acids is 2. The molecule has 2 rings (SSSR count). The molecule has 0 aliphatic rings. The summed E-state index contributed by atoms with van der Waals surface area (Å²) in [7, 11) is 0. The molecule has 2 aromatic rings. The van der Waals surface area contributed by atoms with Crippen LogP contribution in [0.1, 0.15) is 42.3 Å². The maximum atomic E-state index is 12.6. The number of rotatable bonds is 4. The zero-order valence-corrected chi connectivity index (χ0v) is 14.6. The van der Waals surface area contributed by atoms with Crippen LogP contribution < -0.4 is 4.90 Å². The molecule has 0 atom stereocenters. The van der Waals surface area contributed by atoms with Crippen molar-refractivity contribution in [1.29, 1.82) is 0 Å². The Morgan fingerprint density at radius 1 is 1.04 bits per heavy atom.